The number of likely N-dealkylation sites (N-methyl/N-ethyl adjacent to an activating group) is 1. The molecular weight excluding hydrogens is 264 g/mol. The SMILES string of the molecule is CCNC(=O)CNC(=O)N1CCCN(CC(=O)O)CC1. The lowest BCUT2D eigenvalue weighted by Crippen LogP contribution is -2.45. The van der Waals surface area contributed by atoms with Gasteiger partial charge in [0.1, 0.15) is 0 Å². The number of nitrogens with zero attached hydrogens (tertiary/aromatic N) is 2. The van der Waals surface area contributed by atoms with Gasteiger partial charge in [0.05, 0.1) is 13.1 Å². The minimum Gasteiger partial charge on any atom is -0.480 e. The summed E-state index contributed by atoms with van der Waals surface area (Å²) in [4.78, 5) is 37.2. The molecule has 114 valence electrons. The number of carbonyl (C=O) groups excluding carboxylic acids is 2. The number of hydrogen-bond acceptors (Lipinski definition) is 4. The lowest BCUT2D eigenvalue weighted by atomic mass is 10.4. The van der Waals surface area contributed by atoms with Crippen LogP contribution in [0.5, 0.6) is 0 Å². The second kappa shape index (κ2) is 8.36. The lowest BCUT2D eigenvalue weighted by molar-refractivity contribution is -0.138. The van der Waals surface area contributed by atoms with E-state index in [0.717, 1.165) is 6.42 Å². The average Bonchev–Trinajstić information content (AvgIpc) is 2.61. The van der Waals surface area contributed by atoms with Gasteiger partial charge in [0.15, 0.2) is 0 Å². The van der Waals surface area contributed by atoms with Crippen LogP contribution in [-0.2, 0) is 9.59 Å². The van der Waals surface area contributed by atoms with Crippen molar-refractivity contribution in [3.63, 3.8) is 0 Å². The van der Waals surface area contributed by atoms with Gasteiger partial charge in [-0.25, -0.2) is 4.79 Å². The third-order valence-electron chi connectivity index (χ3n) is 3.01. The standard InChI is InChI=1S/C12H22N4O4/c1-2-13-10(17)8-14-12(20)16-5-3-4-15(6-7-16)9-11(18)19/h2-9H2,1H3,(H,13,17)(H,14,20)(H,18,19). The molecule has 0 aromatic carbocycles. The van der Waals surface area contributed by atoms with Crippen molar-refractivity contribution >= 4 is 17.9 Å². The molecule has 0 aliphatic carbocycles. The van der Waals surface area contributed by atoms with Gasteiger partial charge in [-0.2, -0.15) is 0 Å². The van der Waals surface area contributed by atoms with Gasteiger partial charge in [-0.3, -0.25) is 14.5 Å². The maximum atomic E-state index is 11.9. The van der Waals surface area contributed by atoms with E-state index in [1.165, 1.54) is 0 Å². The minimum atomic E-state index is -0.862. The van der Waals surface area contributed by atoms with E-state index in [0.29, 0.717) is 32.7 Å². The van der Waals surface area contributed by atoms with Crippen LogP contribution in [-0.4, -0.2) is 78.6 Å². The monoisotopic (exact) mass is 286 g/mol. The highest BCUT2D eigenvalue weighted by molar-refractivity contribution is 5.83. The van der Waals surface area contributed by atoms with Gasteiger partial charge in [0, 0.05) is 32.7 Å². The normalized spacial score (nSPS) is 16.4. The zero-order valence-corrected chi connectivity index (χ0v) is 11.7. The first-order chi connectivity index (χ1) is 9.52. The van der Waals surface area contributed by atoms with Crippen LogP contribution in [0.4, 0.5) is 4.79 Å². The van der Waals surface area contributed by atoms with Crippen molar-refractivity contribution in [3.8, 4) is 0 Å². The summed E-state index contributed by atoms with van der Waals surface area (Å²) in [6.45, 7) is 4.52. The van der Waals surface area contributed by atoms with E-state index in [1.54, 1.807) is 9.80 Å². The summed E-state index contributed by atoms with van der Waals surface area (Å²) in [6, 6.07) is -0.284. The minimum absolute atomic E-state index is 0.00559. The van der Waals surface area contributed by atoms with Crippen molar-refractivity contribution < 1.29 is 19.5 Å². The highest BCUT2D eigenvalue weighted by Gasteiger charge is 2.20. The fourth-order valence-electron chi connectivity index (χ4n) is 2.05. The van der Waals surface area contributed by atoms with Crippen LogP contribution in [0.3, 0.4) is 0 Å². The van der Waals surface area contributed by atoms with Crippen LogP contribution in [0.2, 0.25) is 0 Å². The highest BCUT2D eigenvalue weighted by Crippen LogP contribution is 2.03. The molecule has 0 aromatic rings. The van der Waals surface area contributed by atoms with E-state index >= 15 is 0 Å². The Labute approximate surface area is 118 Å². The third-order valence-corrected chi connectivity index (χ3v) is 3.01. The van der Waals surface area contributed by atoms with E-state index < -0.39 is 5.97 Å². The Hall–Kier alpha value is -1.83. The van der Waals surface area contributed by atoms with Gasteiger partial charge in [-0.15, -0.1) is 0 Å². The lowest BCUT2D eigenvalue weighted by Gasteiger charge is -2.21. The molecule has 1 fully saturated rings. The Morgan fingerprint density at radius 1 is 1.10 bits per heavy atom. The molecule has 0 saturated carbocycles. The molecule has 8 nitrogen and oxygen atoms in total. The molecule has 3 N–H and O–H groups in total. The Morgan fingerprint density at radius 3 is 2.50 bits per heavy atom. The van der Waals surface area contributed by atoms with Crippen LogP contribution >= 0.6 is 0 Å². The molecule has 3 amide bonds. The van der Waals surface area contributed by atoms with E-state index in [9.17, 15) is 14.4 Å². The molecule has 1 heterocycles. The van der Waals surface area contributed by atoms with Gasteiger partial charge >= 0.3 is 12.0 Å². The van der Waals surface area contributed by atoms with E-state index in [2.05, 4.69) is 10.6 Å². The molecule has 0 radical (unpaired) electrons. The van der Waals surface area contributed by atoms with Crippen LogP contribution in [0, 0.1) is 0 Å². The molecule has 20 heavy (non-hydrogen) atoms. The molecule has 0 bridgehead atoms. The van der Waals surface area contributed by atoms with Crippen LogP contribution in [0.1, 0.15) is 13.3 Å². The highest BCUT2D eigenvalue weighted by atomic mass is 16.4. The molecule has 0 aromatic heterocycles. The van der Waals surface area contributed by atoms with Crippen LogP contribution in [0.25, 0.3) is 0 Å². The molecule has 0 unspecified atom stereocenters. The summed E-state index contributed by atoms with van der Waals surface area (Å²) in [5.41, 5.74) is 0. The van der Waals surface area contributed by atoms with Crippen molar-refractivity contribution in [2.45, 2.75) is 13.3 Å². The quantitative estimate of drug-likeness (QED) is 0.597. The number of carbonyl (C=O) groups is 3. The number of hydrogen-bond donors (Lipinski definition) is 3. The van der Waals surface area contributed by atoms with Crippen LogP contribution in [0.15, 0.2) is 0 Å². The first kappa shape index (κ1) is 16.2. The molecule has 1 rings (SSSR count). The topological polar surface area (TPSA) is 102 Å². The molecule has 0 spiro atoms. The predicted molar refractivity (Wildman–Crippen MR) is 72.3 cm³/mol. The maximum absolute atomic E-state index is 11.9. The van der Waals surface area contributed by atoms with Crippen molar-refractivity contribution in [2.75, 3.05) is 45.8 Å². The zero-order valence-electron chi connectivity index (χ0n) is 11.7. The van der Waals surface area contributed by atoms with E-state index in [4.69, 9.17) is 5.11 Å². The number of urea groups is 1. The molecule has 1 aliphatic rings. The third kappa shape index (κ3) is 5.87. The first-order valence-electron chi connectivity index (χ1n) is 6.76. The Bertz CT molecular complexity index is 361. The van der Waals surface area contributed by atoms with Gasteiger partial charge in [0.2, 0.25) is 5.91 Å². The van der Waals surface area contributed by atoms with Crippen molar-refractivity contribution in [3.05, 3.63) is 0 Å². The summed E-state index contributed by atoms with van der Waals surface area (Å²) >= 11 is 0. The van der Waals surface area contributed by atoms with Gasteiger partial charge in [-0.05, 0) is 13.3 Å². The van der Waals surface area contributed by atoms with Crippen molar-refractivity contribution in [1.29, 1.82) is 0 Å². The first-order valence-corrected chi connectivity index (χ1v) is 6.76. The van der Waals surface area contributed by atoms with Crippen molar-refractivity contribution in [1.82, 2.24) is 20.4 Å². The van der Waals surface area contributed by atoms with Crippen LogP contribution < -0.4 is 10.6 Å². The number of rotatable bonds is 5. The largest absolute Gasteiger partial charge is 0.480 e. The van der Waals surface area contributed by atoms with Crippen molar-refractivity contribution in [2.24, 2.45) is 0 Å². The predicted octanol–water partition coefficient (Wildman–Crippen LogP) is -1.08. The number of carboxylic acid groups (broad SMARTS) is 1. The fraction of sp³-hybridized carbons (Fsp3) is 0.750. The Kier molecular flexibility index (Phi) is 6.78. The molecular formula is C12H22N4O4. The summed E-state index contributed by atoms with van der Waals surface area (Å²) < 4.78 is 0. The Morgan fingerprint density at radius 2 is 1.85 bits per heavy atom. The molecule has 0 atom stereocenters. The van der Waals surface area contributed by atoms with Gasteiger partial charge in [-0.1, -0.05) is 0 Å². The number of nitrogens with one attached hydrogen (secondary N) is 2. The summed E-state index contributed by atoms with van der Waals surface area (Å²) in [5.74, 6) is -1.08. The molecule has 1 aliphatic heterocycles. The van der Waals surface area contributed by atoms with Gasteiger partial charge < -0.3 is 20.6 Å². The maximum Gasteiger partial charge on any atom is 0.317 e. The van der Waals surface area contributed by atoms with E-state index in [1.807, 2.05) is 6.92 Å². The molecule has 1 saturated heterocycles. The fourth-order valence-corrected chi connectivity index (χ4v) is 2.05. The number of carboxylic acids is 1. The summed E-state index contributed by atoms with van der Waals surface area (Å²) in [6.07, 6.45) is 0.724. The second-order valence-corrected chi connectivity index (χ2v) is 4.62. The Balaban J connectivity index is 2.34. The molecule has 8 heteroatoms. The number of aliphatic carboxylic acids is 1. The number of amides is 3. The van der Waals surface area contributed by atoms with E-state index in [-0.39, 0.29) is 25.0 Å². The van der Waals surface area contributed by atoms with Gasteiger partial charge in [0.25, 0.3) is 0 Å². The average molecular weight is 286 g/mol. The zero-order chi connectivity index (χ0) is 15.0. The summed E-state index contributed by atoms with van der Waals surface area (Å²) in [7, 11) is 0. The smallest absolute Gasteiger partial charge is 0.317 e. The second-order valence-electron chi connectivity index (χ2n) is 4.62. The summed E-state index contributed by atoms with van der Waals surface area (Å²) in [5, 5.41) is 13.9.